The molecule has 84 valence electrons. The Bertz CT molecular complexity index is 313. The highest BCUT2D eigenvalue weighted by molar-refractivity contribution is 9.10. The van der Waals surface area contributed by atoms with Crippen molar-refractivity contribution in [1.82, 2.24) is 4.90 Å². The second kappa shape index (κ2) is 5.14. The minimum absolute atomic E-state index is 0.310. The largest absolute Gasteiger partial charge is 0.453 e. The molecule has 0 radical (unpaired) electrons. The van der Waals surface area contributed by atoms with E-state index in [1.807, 2.05) is 12.1 Å². The number of likely N-dealkylation sites (tertiary alicyclic amines) is 1. The van der Waals surface area contributed by atoms with Crippen molar-refractivity contribution in [3.63, 3.8) is 0 Å². The third-order valence-corrected chi connectivity index (χ3v) is 3.34. The van der Waals surface area contributed by atoms with Crippen LogP contribution in [0.25, 0.3) is 0 Å². The number of hydrogen-bond acceptors (Lipinski definition) is 3. The first-order valence-electron chi connectivity index (χ1n) is 5.35. The molecule has 0 saturated carbocycles. The molecule has 1 aromatic heterocycles. The fourth-order valence-corrected chi connectivity index (χ4v) is 2.47. The van der Waals surface area contributed by atoms with Crippen molar-refractivity contribution in [2.45, 2.75) is 19.4 Å². The lowest BCUT2D eigenvalue weighted by atomic mass is 10.1. The Morgan fingerprint density at radius 2 is 2.40 bits per heavy atom. The van der Waals surface area contributed by atoms with Crippen LogP contribution in [-0.4, -0.2) is 29.7 Å². The zero-order chi connectivity index (χ0) is 10.7. The Labute approximate surface area is 98.2 Å². The molecule has 0 amide bonds. The molecule has 1 N–H and O–H groups in total. The lowest BCUT2D eigenvalue weighted by Crippen LogP contribution is -2.20. The van der Waals surface area contributed by atoms with Gasteiger partial charge in [0.1, 0.15) is 5.76 Å². The molecule has 4 heteroatoms. The first-order valence-corrected chi connectivity index (χ1v) is 6.14. The molecule has 1 aromatic rings. The van der Waals surface area contributed by atoms with Crippen molar-refractivity contribution < 1.29 is 9.52 Å². The van der Waals surface area contributed by atoms with Gasteiger partial charge in [0.2, 0.25) is 0 Å². The molecule has 1 aliphatic rings. The van der Waals surface area contributed by atoms with Gasteiger partial charge in [-0.1, -0.05) is 0 Å². The molecular weight excluding hydrogens is 258 g/mol. The summed E-state index contributed by atoms with van der Waals surface area (Å²) in [6.07, 6.45) is 2.13. The summed E-state index contributed by atoms with van der Waals surface area (Å²) >= 11 is 3.30. The highest BCUT2D eigenvalue weighted by atomic mass is 79.9. The number of hydrogen-bond donors (Lipinski definition) is 1. The van der Waals surface area contributed by atoms with Gasteiger partial charge in [-0.25, -0.2) is 0 Å². The molecule has 3 nitrogen and oxygen atoms in total. The lowest BCUT2D eigenvalue weighted by molar-refractivity contribution is 0.243. The summed E-state index contributed by atoms with van der Waals surface area (Å²) in [5.41, 5.74) is 0. The number of aliphatic hydroxyl groups excluding tert-OH is 1. The monoisotopic (exact) mass is 273 g/mol. The van der Waals surface area contributed by atoms with E-state index in [2.05, 4.69) is 20.8 Å². The zero-order valence-corrected chi connectivity index (χ0v) is 10.2. The van der Waals surface area contributed by atoms with Crippen LogP contribution >= 0.6 is 15.9 Å². The van der Waals surface area contributed by atoms with Gasteiger partial charge in [0.05, 0.1) is 6.54 Å². The summed E-state index contributed by atoms with van der Waals surface area (Å²) in [5, 5.41) is 8.86. The molecule has 1 fully saturated rings. The summed E-state index contributed by atoms with van der Waals surface area (Å²) in [5.74, 6) is 1.67. The van der Waals surface area contributed by atoms with E-state index in [1.165, 1.54) is 6.42 Å². The van der Waals surface area contributed by atoms with Crippen LogP contribution in [0.4, 0.5) is 0 Å². The summed E-state index contributed by atoms with van der Waals surface area (Å²) in [4.78, 5) is 2.38. The summed E-state index contributed by atoms with van der Waals surface area (Å²) in [7, 11) is 0. The minimum atomic E-state index is 0.310. The van der Waals surface area contributed by atoms with E-state index in [1.54, 1.807) is 0 Å². The number of nitrogens with zero attached hydrogens (tertiary/aromatic N) is 1. The Balaban J connectivity index is 1.82. The third-order valence-electron chi connectivity index (χ3n) is 2.92. The van der Waals surface area contributed by atoms with Crippen LogP contribution in [-0.2, 0) is 6.54 Å². The molecule has 1 saturated heterocycles. The van der Waals surface area contributed by atoms with Gasteiger partial charge in [-0.15, -0.1) is 0 Å². The predicted molar refractivity (Wildman–Crippen MR) is 61.5 cm³/mol. The van der Waals surface area contributed by atoms with Gasteiger partial charge in [-0.05, 0) is 53.4 Å². The standard InChI is InChI=1S/C11H16BrNO2/c12-11-2-1-10(15-11)8-13-5-3-9(7-13)4-6-14/h1-2,9,14H,3-8H2. The van der Waals surface area contributed by atoms with Crippen LogP contribution in [0.2, 0.25) is 0 Å². The SMILES string of the molecule is OCCC1CCN(Cc2ccc(Br)o2)C1. The molecule has 0 aromatic carbocycles. The first kappa shape index (κ1) is 11.2. The predicted octanol–water partition coefficient (Wildman–Crippen LogP) is 2.25. The highest BCUT2D eigenvalue weighted by Gasteiger charge is 2.22. The Kier molecular flexibility index (Phi) is 3.83. The molecule has 0 aliphatic carbocycles. The quantitative estimate of drug-likeness (QED) is 0.914. The molecule has 2 heterocycles. The van der Waals surface area contributed by atoms with Crippen molar-refractivity contribution in [2.24, 2.45) is 5.92 Å². The number of aliphatic hydroxyl groups is 1. The molecule has 15 heavy (non-hydrogen) atoms. The van der Waals surface area contributed by atoms with Crippen LogP contribution in [0.15, 0.2) is 21.2 Å². The summed E-state index contributed by atoms with van der Waals surface area (Å²) in [6, 6.07) is 3.93. The second-order valence-electron chi connectivity index (χ2n) is 4.11. The van der Waals surface area contributed by atoms with Crippen LogP contribution in [0.1, 0.15) is 18.6 Å². The van der Waals surface area contributed by atoms with Gasteiger partial charge in [0, 0.05) is 13.2 Å². The molecule has 0 spiro atoms. The second-order valence-corrected chi connectivity index (χ2v) is 4.89. The maximum Gasteiger partial charge on any atom is 0.169 e. The first-order chi connectivity index (χ1) is 7.28. The van der Waals surface area contributed by atoms with E-state index in [-0.39, 0.29) is 0 Å². The molecule has 0 bridgehead atoms. The average molecular weight is 274 g/mol. The smallest absolute Gasteiger partial charge is 0.169 e. The van der Waals surface area contributed by atoms with Gasteiger partial charge in [0.15, 0.2) is 4.67 Å². The minimum Gasteiger partial charge on any atom is -0.453 e. The van der Waals surface area contributed by atoms with Gasteiger partial charge in [0.25, 0.3) is 0 Å². The van der Waals surface area contributed by atoms with Crippen molar-refractivity contribution in [2.75, 3.05) is 19.7 Å². The van der Waals surface area contributed by atoms with E-state index < -0.39 is 0 Å². The Morgan fingerprint density at radius 1 is 1.53 bits per heavy atom. The van der Waals surface area contributed by atoms with Crippen LogP contribution in [0.5, 0.6) is 0 Å². The van der Waals surface area contributed by atoms with E-state index in [4.69, 9.17) is 9.52 Å². The topological polar surface area (TPSA) is 36.6 Å². The zero-order valence-electron chi connectivity index (χ0n) is 8.66. The fraction of sp³-hybridized carbons (Fsp3) is 0.636. The summed E-state index contributed by atoms with van der Waals surface area (Å²) in [6.45, 7) is 3.39. The normalized spacial score (nSPS) is 22.4. The van der Waals surface area contributed by atoms with Crippen LogP contribution in [0, 0.1) is 5.92 Å². The lowest BCUT2D eigenvalue weighted by Gasteiger charge is -2.13. The van der Waals surface area contributed by atoms with Gasteiger partial charge in [-0.2, -0.15) is 0 Å². The molecular formula is C11H16BrNO2. The number of furan rings is 1. The Hall–Kier alpha value is -0.320. The molecule has 1 unspecified atom stereocenters. The van der Waals surface area contributed by atoms with Crippen LogP contribution < -0.4 is 0 Å². The molecule has 2 rings (SSSR count). The van der Waals surface area contributed by atoms with E-state index >= 15 is 0 Å². The van der Waals surface area contributed by atoms with Crippen molar-refractivity contribution in [3.8, 4) is 0 Å². The number of halogens is 1. The van der Waals surface area contributed by atoms with Gasteiger partial charge >= 0.3 is 0 Å². The average Bonchev–Trinajstić information content (AvgIpc) is 2.78. The third kappa shape index (κ3) is 3.06. The van der Waals surface area contributed by atoms with E-state index in [0.29, 0.717) is 12.5 Å². The maximum atomic E-state index is 8.86. The summed E-state index contributed by atoms with van der Waals surface area (Å²) < 4.78 is 6.26. The maximum absolute atomic E-state index is 8.86. The van der Waals surface area contributed by atoms with Crippen LogP contribution in [0.3, 0.4) is 0 Å². The van der Waals surface area contributed by atoms with Crippen molar-refractivity contribution >= 4 is 15.9 Å². The molecule has 1 atom stereocenters. The number of rotatable bonds is 4. The van der Waals surface area contributed by atoms with E-state index in [0.717, 1.165) is 36.5 Å². The van der Waals surface area contributed by atoms with E-state index in [9.17, 15) is 0 Å². The molecule has 1 aliphatic heterocycles. The Morgan fingerprint density at radius 3 is 3.07 bits per heavy atom. The van der Waals surface area contributed by atoms with Gasteiger partial charge < -0.3 is 9.52 Å². The van der Waals surface area contributed by atoms with Crippen molar-refractivity contribution in [3.05, 3.63) is 22.6 Å². The fourth-order valence-electron chi connectivity index (χ4n) is 2.13. The van der Waals surface area contributed by atoms with Crippen molar-refractivity contribution in [1.29, 1.82) is 0 Å². The highest BCUT2D eigenvalue weighted by Crippen LogP contribution is 2.22. The van der Waals surface area contributed by atoms with Gasteiger partial charge in [-0.3, -0.25) is 4.90 Å².